The SMILES string of the molecule is [B]N1CCC(C)=C(C)C1. The summed E-state index contributed by atoms with van der Waals surface area (Å²) >= 11 is 0. The lowest BCUT2D eigenvalue weighted by molar-refractivity contribution is 0.465. The molecule has 0 saturated carbocycles. The average molecular weight is 121 g/mol. The van der Waals surface area contributed by atoms with Crippen LogP contribution in [0.25, 0.3) is 0 Å². The van der Waals surface area contributed by atoms with Gasteiger partial charge in [-0.3, -0.25) is 0 Å². The van der Waals surface area contributed by atoms with Gasteiger partial charge in [-0.2, -0.15) is 0 Å². The minimum Gasteiger partial charge on any atom is -0.350 e. The predicted octanol–water partition coefficient (Wildman–Crippen LogP) is 1.11. The minimum absolute atomic E-state index is 0.950. The van der Waals surface area contributed by atoms with Gasteiger partial charge in [-0.05, 0) is 26.8 Å². The smallest absolute Gasteiger partial charge is 0.182 e. The van der Waals surface area contributed by atoms with Gasteiger partial charge in [0.15, 0.2) is 7.98 Å². The highest BCUT2D eigenvalue weighted by Gasteiger charge is 2.07. The second kappa shape index (κ2) is 2.57. The van der Waals surface area contributed by atoms with Gasteiger partial charge in [0.2, 0.25) is 0 Å². The van der Waals surface area contributed by atoms with Crippen molar-refractivity contribution in [2.24, 2.45) is 0 Å². The van der Waals surface area contributed by atoms with Crippen LogP contribution in [0, 0.1) is 0 Å². The van der Waals surface area contributed by atoms with E-state index in [4.69, 9.17) is 7.98 Å². The van der Waals surface area contributed by atoms with E-state index in [1.54, 1.807) is 0 Å². The Kier molecular flexibility index (Phi) is 1.96. The number of hydrogen-bond donors (Lipinski definition) is 0. The summed E-state index contributed by atoms with van der Waals surface area (Å²) in [6, 6.07) is 0. The average Bonchev–Trinajstić information content (AvgIpc) is 1.80. The first kappa shape index (κ1) is 6.88. The summed E-state index contributed by atoms with van der Waals surface area (Å²) in [5.74, 6) is 0. The topological polar surface area (TPSA) is 3.24 Å². The van der Waals surface area contributed by atoms with Gasteiger partial charge in [-0.25, -0.2) is 0 Å². The Bertz CT molecular complexity index is 140. The van der Waals surface area contributed by atoms with Gasteiger partial charge < -0.3 is 4.81 Å². The first-order chi connectivity index (χ1) is 4.20. The summed E-state index contributed by atoms with van der Waals surface area (Å²) < 4.78 is 0. The van der Waals surface area contributed by atoms with Crippen molar-refractivity contribution in [2.75, 3.05) is 13.1 Å². The van der Waals surface area contributed by atoms with Crippen molar-refractivity contribution in [3.05, 3.63) is 11.1 Å². The molecule has 1 rings (SSSR count). The molecule has 0 fully saturated rings. The van der Waals surface area contributed by atoms with Gasteiger partial charge in [0.25, 0.3) is 0 Å². The van der Waals surface area contributed by atoms with E-state index in [1.165, 1.54) is 11.1 Å². The van der Waals surface area contributed by atoms with Crippen LogP contribution in [-0.4, -0.2) is 25.9 Å². The molecule has 48 valence electrons. The first-order valence-corrected chi connectivity index (χ1v) is 3.35. The highest BCUT2D eigenvalue weighted by Crippen LogP contribution is 2.14. The molecule has 1 aliphatic rings. The third kappa shape index (κ3) is 1.58. The maximum atomic E-state index is 5.59. The van der Waals surface area contributed by atoms with E-state index in [2.05, 4.69) is 13.8 Å². The molecule has 0 aliphatic carbocycles. The Morgan fingerprint density at radius 1 is 1.33 bits per heavy atom. The summed E-state index contributed by atoms with van der Waals surface area (Å²) in [5.41, 5.74) is 2.94. The number of rotatable bonds is 0. The zero-order valence-electron chi connectivity index (χ0n) is 6.15. The van der Waals surface area contributed by atoms with Gasteiger partial charge >= 0.3 is 0 Å². The molecule has 1 aliphatic heterocycles. The first-order valence-electron chi connectivity index (χ1n) is 3.35. The van der Waals surface area contributed by atoms with Gasteiger partial charge in [0.05, 0.1) is 0 Å². The molecule has 2 heteroatoms. The fourth-order valence-corrected chi connectivity index (χ4v) is 1.04. The van der Waals surface area contributed by atoms with E-state index in [0.29, 0.717) is 0 Å². The predicted molar refractivity (Wildman–Crippen MR) is 40.3 cm³/mol. The van der Waals surface area contributed by atoms with Crippen LogP contribution < -0.4 is 0 Å². The summed E-state index contributed by atoms with van der Waals surface area (Å²) in [5, 5.41) is 0. The second-order valence-electron chi connectivity index (χ2n) is 2.78. The van der Waals surface area contributed by atoms with Crippen molar-refractivity contribution < 1.29 is 0 Å². The maximum Gasteiger partial charge on any atom is 0.182 e. The maximum absolute atomic E-state index is 5.59. The molecule has 0 aromatic carbocycles. The Hall–Kier alpha value is -0.235. The van der Waals surface area contributed by atoms with Crippen LogP contribution in [0.4, 0.5) is 0 Å². The van der Waals surface area contributed by atoms with Crippen LogP contribution in [0.2, 0.25) is 0 Å². The molecule has 1 nitrogen and oxygen atoms in total. The molecule has 2 radical (unpaired) electrons. The summed E-state index contributed by atoms with van der Waals surface area (Å²) in [6.45, 7) is 6.30. The van der Waals surface area contributed by atoms with E-state index >= 15 is 0 Å². The van der Waals surface area contributed by atoms with Crippen molar-refractivity contribution in [1.82, 2.24) is 4.81 Å². The van der Waals surface area contributed by atoms with Crippen molar-refractivity contribution >= 4 is 7.98 Å². The second-order valence-corrected chi connectivity index (χ2v) is 2.78. The summed E-state index contributed by atoms with van der Waals surface area (Å²) in [7, 11) is 5.59. The quantitative estimate of drug-likeness (QED) is 0.342. The molecule has 0 atom stereocenters. The number of nitrogens with zero attached hydrogens (tertiary/aromatic N) is 1. The Morgan fingerprint density at radius 3 is 2.44 bits per heavy atom. The molecular formula is C7H12BN. The molecule has 1 heterocycles. The lowest BCUT2D eigenvalue weighted by Crippen LogP contribution is -2.27. The van der Waals surface area contributed by atoms with Crippen molar-refractivity contribution in [3.63, 3.8) is 0 Å². The normalized spacial score (nSPS) is 22.9. The van der Waals surface area contributed by atoms with E-state index in [0.717, 1.165) is 19.5 Å². The van der Waals surface area contributed by atoms with Crippen LogP contribution in [0.3, 0.4) is 0 Å². The lowest BCUT2D eigenvalue weighted by atomic mass is 10.0. The standard InChI is InChI=1S/C7H12BN/c1-6-3-4-9(8)5-7(6)2/h3-5H2,1-2H3. The molecule has 0 amide bonds. The zero-order valence-corrected chi connectivity index (χ0v) is 6.15. The lowest BCUT2D eigenvalue weighted by Gasteiger charge is -2.24. The largest absolute Gasteiger partial charge is 0.350 e. The molecule has 0 unspecified atom stereocenters. The molecule has 9 heavy (non-hydrogen) atoms. The molecular weight excluding hydrogens is 109 g/mol. The number of hydrogen-bond acceptors (Lipinski definition) is 1. The Morgan fingerprint density at radius 2 is 2.00 bits per heavy atom. The molecule has 0 bridgehead atoms. The van der Waals surface area contributed by atoms with Crippen LogP contribution >= 0.6 is 0 Å². The van der Waals surface area contributed by atoms with Crippen molar-refractivity contribution in [2.45, 2.75) is 20.3 Å². The fraction of sp³-hybridized carbons (Fsp3) is 0.714. The molecule has 0 aromatic heterocycles. The fourth-order valence-electron chi connectivity index (χ4n) is 1.04. The van der Waals surface area contributed by atoms with E-state index < -0.39 is 0 Å². The van der Waals surface area contributed by atoms with Crippen LogP contribution in [0.1, 0.15) is 20.3 Å². The molecule has 0 N–H and O–H groups in total. The Balaban J connectivity index is 2.61. The van der Waals surface area contributed by atoms with Crippen LogP contribution in [-0.2, 0) is 0 Å². The Labute approximate surface area is 58.2 Å². The van der Waals surface area contributed by atoms with E-state index in [1.807, 2.05) is 4.81 Å². The van der Waals surface area contributed by atoms with Gasteiger partial charge in [0, 0.05) is 6.54 Å². The highest BCUT2D eigenvalue weighted by molar-refractivity contribution is 6.04. The van der Waals surface area contributed by atoms with Crippen LogP contribution in [0.15, 0.2) is 11.1 Å². The van der Waals surface area contributed by atoms with Crippen LogP contribution in [0.5, 0.6) is 0 Å². The van der Waals surface area contributed by atoms with Crippen molar-refractivity contribution in [1.29, 1.82) is 0 Å². The van der Waals surface area contributed by atoms with Gasteiger partial charge in [0.1, 0.15) is 0 Å². The summed E-state index contributed by atoms with van der Waals surface area (Å²) in [4.78, 5) is 1.86. The third-order valence-corrected chi connectivity index (χ3v) is 1.94. The van der Waals surface area contributed by atoms with E-state index in [-0.39, 0.29) is 0 Å². The van der Waals surface area contributed by atoms with Gasteiger partial charge in [-0.15, -0.1) is 0 Å². The molecule has 0 aromatic rings. The monoisotopic (exact) mass is 121 g/mol. The molecule has 0 spiro atoms. The minimum atomic E-state index is 0.950. The highest BCUT2D eigenvalue weighted by atomic mass is 15.0. The van der Waals surface area contributed by atoms with E-state index in [9.17, 15) is 0 Å². The summed E-state index contributed by atoms with van der Waals surface area (Å²) in [6.07, 6.45) is 1.14. The third-order valence-electron chi connectivity index (χ3n) is 1.94. The zero-order chi connectivity index (χ0) is 6.85. The van der Waals surface area contributed by atoms with Gasteiger partial charge in [-0.1, -0.05) is 11.1 Å². The van der Waals surface area contributed by atoms with Crippen molar-refractivity contribution in [3.8, 4) is 0 Å². The molecule has 0 saturated heterocycles.